The average Bonchev–Trinajstić information content (AvgIpc) is 2.65. The molecule has 0 aliphatic rings. The number of likely N-dealkylation sites (N-methyl/N-ethyl adjacent to an activating group) is 1. The lowest BCUT2D eigenvalue weighted by Crippen LogP contribution is -3.11. The maximum Gasteiger partial charge on any atom is 0.279 e. The Morgan fingerprint density at radius 3 is 2.32 bits per heavy atom. The number of hydrogen-bond donors (Lipinski definition) is 3. The molecule has 3 N–H and O–H groups in total. The fraction of sp³-hybridized carbons (Fsp3) is 0.391. The largest absolute Gasteiger partial charge is 0.344 e. The number of anilines is 1. The fourth-order valence-corrected chi connectivity index (χ4v) is 3.23. The molecule has 0 bridgehead atoms. The van der Waals surface area contributed by atoms with E-state index in [1.54, 1.807) is 0 Å². The molecule has 0 saturated carbocycles. The van der Waals surface area contributed by atoms with E-state index in [1.807, 2.05) is 69.4 Å². The first-order chi connectivity index (χ1) is 13.4. The molecule has 0 aromatic heterocycles. The van der Waals surface area contributed by atoms with Gasteiger partial charge in [0.05, 0.1) is 13.1 Å². The molecule has 0 fully saturated rings. The summed E-state index contributed by atoms with van der Waals surface area (Å²) in [7, 11) is 1.86. The summed E-state index contributed by atoms with van der Waals surface area (Å²) in [5.41, 5.74) is 4.15. The second kappa shape index (κ2) is 10.6. The summed E-state index contributed by atoms with van der Waals surface area (Å²) in [6, 6.07) is 15.9. The number of hydrogen-bond acceptors (Lipinski definition) is 2. The van der Waals surface area contributed by atoms with Crippen LogP contribution in [-0.4, -0.2) is 32.0 Å². The van der Waals surface area contributed by atoms with Crippen LogP contribution in [0.1, 0.15) is 42.5 Å². The van der Waals surface area contributed by atoms with Gasteiger partial charge < -0.3 is 15.5 Å². The molecule has 2 aromatic rings. The normalized spacial score (nSPS) is 12.9. The van der Waals surface area contributed by atoms with Crippen LogP contribution in [0.4, 0.5) is 5.69 Å². The van der Waals surface area contributed by atoms with Crippen LogP contribution >= 0.6 is 0 Å². The van der Waals surface area contributed by atoms with E-state index in [0.29, 0.717) is 0 Å². The van der Waals surface area contributed by atoms with Gasteiger partial charge in [-0.05, 0) is 43.0 Å². The van der Waals surface area contributed by atoms with Crippen LogP contribution in [0, 0.1) is 13.8 Å². The summed E-state index contributed by atoms with van der Waals surface area (Å²) in [6.07, 6.45) is 1.88. The number of amides is 2. The lowest BCUT2D eigenvalue weighted by Gasteiger charge is -2.20. The minimum absolute atomic E-state index is 0.00951. The molecule has 2 atom stereocenters. The van der Waals surface area contributed by atoms with Crippen molar-refractivity contribution in [2.24, 2.45) is 0 Å². The van der Waals surface area contributed by atoms with Crippen LogP contribution in [0.2, 0.25) is 0 Å². The van der Waals surface area contributed by atoms with Crippen molar-refractivity contribution in [3.63, 3.8) is 0 Å². The number of rotatable bonds is 9. The summed E-state index contributed by atoms with van der Waals surface area (Å²) in [4.78, 5) is 25.7. The summed E-state index contributed by atoms with van der Waals surface area (Å²) in [5.74, 6) is -0.133. The molecule has 28 heavy (non-hydrogen) atoms. The Kier molecular flexibility index (Phi) is 8.20. The molecule has 0 heterocycles. The first-order valence-electron chi connectivity index (χ1n) is 9.92. The topological polar surface area (TPSA) is 62.6 Å². The van der Waals surface area contributed by atoms with Crippen LogP contribution in [0.15, 0.2) is 48.5 Å². The molecule has 2 aromatic carbocycles. The van der Waals surface area contributed by atoms with Crippen molar-refractivity contribution in [2.45, 2.75) is 39.7 Å². The third-order valence-electron chi connectivity index (χ3n) is 4.92. The van der Waals surface area contributed by atoms with E-state index in [2.05, 4.69) is 17.6 Å². The lowest BCUT2D eigenvalue weighted by atomic mass is 10.0. The van der Waals surface area contributed by atoms with Gasteiger partial charge in [0.1, 0.15) is 0 Å². The average molecular weight is 383 g/mol. The summed E-state index contributed by atoms with van der Waals surface area (Å²) >= 11 is 0. The molecule has 2 amide bonds. The predicted octanol–water partition coefficient (Wildman–Crippen LogP) is 2.41. The van der Waals surface area contributed by atoms with E-state index < -0.39 is 0 Å². The third kappa shape index (κ3) is 6.50. The molecule has 0 saturated heterocycles. The van der Waals surface area contributed by atoms with Crippen LogP contribution in [0.5, 0.6) is 0 Å². The molecule has 5 nitrogen and oxygen atoms in total. The highest BCUT2D eigenvalue weighted by molar-refractivity contribution is 5.92. The highest BCUT2D eigenvalue weighted by Crippen LogP contribution is 2.18. The first kappa shape index (κ1) is 21.6. The Morgan fingerprint density at radius 2 is 1.64 bits per heavy atom. The zero-order valence-corrected chi connectivity index (χ0v) is 17.3. The molecule has 0 spiro atoms. The SMILES string of the molecule is CCC[C@H](NC(=O)C[NH+](C)CC(=O)Nc1cccc(C)c1C)c1ccccc1. The molecular weight excluding hydrogens is 350 g/mol. The third-order valence-corrected chi connectivity index (χ3v) is 4.92. The molecule has 1 unspecified atom stereocenters. The number of carbonyl (C=O) groups is 2. The number of benzene rings is 2. The van der Waals surface area contributed by atoms with Crippen molar-refractivity contribution in [1.29, 1.82) is 0 Å². The van der Waals surface area contributed by atoms with Gasteiger partial charge in [0.15, 0.2) is 13.1 Å². The molecule has 2 rings (SSSR count). The number of quaternary nitrogens is 1. The van der Waals surface area contributed by atoms with Crippen molar-refractivity contribution >= 4 is 17.5 Å². The zero-order valence-electron chi connectivity index (χ0n) is 17.3. The van der Waals surface area contributed by atoms with E-state index in [1.165, 1.54) is 0 Å². The number of nitrogens with one attached hydrogen (secondary N) is 3. The summed E-state index contributed by atoms with van der Waals surface area (Å²) < 4.78 is 0. The van der Waals surface area contributed by atoms with Gasteiger partial charge in [-0.1, -0.05) is 55.8 Å². The van der Waals surface area contributed by atoms with Crippen LogP contribution in [0.3, 0.4) is 0 Å². The maximum absolute atomic E-state index is 12.5. The van der Waals surface area contributed by atoms with Crippen molar-refractivity contribution in [2.75, 3.05) is 25.5 Å². The molecule has 0 aliphatic heterocycles. The van der Waals surface area contributed by atoms with Gasteiger partial charge in [0.2, 0.25) is 0 Å². The van der Waals surface area contributed by atoms with Gasteiger partial charge in [0, 0.05) is 5.69 Å². The quantitative estimate of drug-likeness (QED) is 0.624. The van der Waals surface area contributed by atoms with Gasteiger partial charge >= 0.3 is 0 Å². The predicted molar refractivity (Wildman–Crippen MR) is 113 cm³/mol. The Labute approximate surface area is 168 Å². The molecule has 0 aliphatic carbocycles. The van der Waals surface area contributed by atoms with Gasteiger partial charge in [-0.3, -0.25) is 9.59 Å². The Morgan fingerprint density at radius 1 is 0.964 bits per heavy atom. The van der Waals surface area contributed by atoms with E-state index in [-0.39, 0.29) is 30.9 Å². The molecule has 5 heteroatoms. The van der Waals surface area contributed by atoms with Crippen LogP contribution < -0.4 is 15.5 Å². The Hall–Kier alpha value is -2.66. The molecule has 0 radical (unpaired) electrons. The zero-order chi connectivity index (χ0) is 20.5. The highest BCUT2D eigenvalue weighted by atomic mass is 16.2. The monoisotopic (exact) mass is 382 g/mol. The van der Waals surface area contributed by atoms with Crippen LogP contribution in [0.25, 0.3) is 0 Å². The van der Waals surface area contributed by atoms with E-state index in [4.69, 9.17) is 0 Å². The highest BCUT2D eigenvalue weighted by Gasteiger charge is 2.18. The van der Waals surface area contributed by atoms with Crippen molar-refractivity contribution in [1.82, 2.24) is 5.32 Å². The van der Waals surface area contributed by atoms with Gasteiger partial charge in [-0.15, -0.1) is 0 Å². The smallest absolute Gasteiger partial charge is 0.279 e. The number of carbonyl (C=O) groups excluding carboxylic acids is 2. The van der Waals surface area contributed by atoms with E-state index in [9.17, 15) is 9.59 Å². The minimum Gasteiger partial charge on any atom is -0.344 e. The molecule has 150 valence electrons. The first-order valence-corrected chi connectivity index (χ1v) is 9.92. The van der Waals surface area contributed by atoms with E-state index >= 15 is 0 Å². The van der Waals surface area contributed by atoms with Crippen molar-refractivity contribution in [3.8, 4) is 0 Å². The second-order valence-electron chi connectivity index (χ2n) is 7.43. The number of aryl methyl sites for hydroxylation is 1. The Bertz CT molecular complexity index is 790. The van der Waals surface area contributed by atoms with Crippen molar-refractivity contribution < 1.29 is 14.5 Å². The van der Waals surface area contributed by atoms with Gasteiger partial charge in [-0.25, -0.2) is 0 Å². The van der Waals surface area contributed by atoms with Crippen LogP contribution in [-0.2, 0) is 9.59 Å². The standard InChI is InChI=1S/C23H31N3O2/c1-5-10-21(19-12-7-6-8-13-19)25-23(28)16-26(4)15-22(27)24-20-14-9-11-17(2)18(20)3/h6-9,11-14,21H,5,10,15-16H2,1-4H3,(H,24,27)(H,25,28)/p+1/t21-/m0/s1. The van der Waals surface area contributed by atoms with Crippen molar-refractivity contribution in [3.05, 3.63) is 65.2 Å². The minimum atomic E-state index is -0.0906. The maximum atomic E-state index is 12.5. The Balaban J connectivity index is 1.87. The van der Waals surface area contributed by atoms with Gasteiger partial charge in [-0.2, -0.15) is 0 Å². The van der Waals surface area contributed by atoms with Gasteiger partial charge in [0.25, 0.3) is 11.8 Å². The molecular formula is C23H32N3O2+. The second-order valence-corrected chi connectivity index (χ2v) is 7.43. The summed E-state index contributed by atoms with van der Waals surface area (Å²) in [5, 5.41) is 6.06. The summed E-state index contributed by atoms with van der Waals surface area (Å²) in [6.45, 7) is 6.62. The fourth-order valence-electron chi connectivity index (χ4n) is 3.23. The lowest BCUT2D eigenvalue weighted by molar-refractivity contribution is -0.862. The van der Waals surface area contributed by atoms with E-state index in [0.717, 1.165) is 40.1 Å².